The van der Waals surface area contributed by atoms with E-state index in [4.69, 9.17) is 23.2 Å². The highest BCUT2D eigenvalue weighted by molar-refractivity contribution is 6.35. The second-order valence-corrected chi connectivity index (χ2v) is 6.26. The maximum Gasteiger partial charge on any atom is 0.135 e. The highest BCUT2D eigenvalue weighted by Gasteiger charge is 2.11. The third kappa shape index (κ3) is 4.25. The molecule has 0 aliphatic carbocycles. The van der Waals surface area contributed by atoms with Gasteiger partial charge in [-0.1, -0.05) is 23.2 Å². The lowest BCUT2D eigenvalue weighted by Gasteiger charge is -2.21. The molecule has 20 heavy (non-hydrogen) atoms. The first kappa shape index (κ1) is 14.9. The first-order valence-electron chi connectivity index (χ1n) is 6.16. The molecule has 0 spiro atoms. The lowest BCUT2D eigenvalue weighted by atomic mass is 10.1. The average molecular weight is 311 g/mol. The van der Waals surface area contributed by atoms with Gasteiger partial charge in [-0.05, 0) is 39.0 Å². The molecule has 2 rings (SSSR count). The number of anilines is 3. The van der Waals surface area contributed by atoms with Crippen LogP contribution in [-0.4, -0.2) is 15.5 Å². The van der Waals surface area contributed by atoms with Gasteiger partial charge >= 0.3 is 0 Å². The predicted molar refractivity (Wildman–Crippen MR) is 85.2 cm³/mol. The molecule has 0 atom stereocenters. The van der Waals surface area contributed by atoms with E-state index in [0.29, 0.717) is 21.6 Å². The first-order chi connectivity index (χ1) is 9.33. The zero-order valence-corrected chi connectivity index (χ0v) is 13.0. The van der Waals surface area contributed by atoms with Gasteiger partial charge in [-0.2, -0.15) is 0 Å². The molecule has 1 aromatic heterocycles. The van der Waals surface area contributed by atoms with Gasteiger partial charge < -0.3 is 10.6 Å². The Kier molecular flexibility index (Phi) is 4.35. The summed E-state index contributed by atoms with van der Waals surface area (Å²) >= 11 is 12.1. The highest BCUT2D eigenvalue weighted by Crippen LogP contribution is 2.28. The van der Waals surface area contributed by atoms with Gasteiger partial charge in [0.25, 0.3) is 0 Å². The van der Waals surface area contributed by atoms with Gasteiger partial charge in [-0.3, -0.25) is 0 Å². The molecule has 106 valence electrons. The third-order valence-corrected chi connectivity index (χ3v) is 2.93. The van der Waals surface area contributed by atoms with E-state index in [-0.39, 0.29) is 5.54 Å². The topological polar surface area (TPSA) is 49.8 Å². The summed E-state index contributed by atoms with van der Waals surface area (Å²) in [7, 11) is 0. The number of aromatic nitrogens is 2. The molecule has 1 aromatic carbocycles. The van der Waals surface area contributed by atoms with Gasteiger partial charge in [-0.15, -0.1) is 0 Å². The molecule has 0 bridgehead atoms. The van der Waals surface area contributed by atoms with Crippen molar-refractivity contribution >= 4 is 40.5 Å². The fourth-order valence-electron chi connectivity index (χ4n) is 1.61. The molecule has 0 radical (unpaired) electrons. The van der Waals surface area contributed by atoms with E-state index in [1.54, 1.807) is 18.2 Å². The van der Waals surface area contributed by atoms with E-state index in [1.165, 1.54) is 6.33 Å². The molecule has 0 saturated carbocycles. The number of hydrogen-bond donors (Lipinski definition) is 2. The number of benzene rings is 1. The van der Waals surface area contributed by atoms with Gasteiger partial charge in [0.1, 0.15) is 18.0 Å². The van der Waals surface area contributed by atoms with Crippen LogP contribution in [0.25, 0.3) is 0 Å². The number of nitrogens with zero attached hydrogens (tertiary/aromatic N) is 2. The van der Waals surface area contributed by atoms with Crippen molar-refractivity contribution in [2.45, 2.75) is 26.3 Å². The van der Waals surface area contributed by atoms with Crippen LogP contribution in [0.2, 0.25) is 10.0 Å². The van der Waals surface area contributed by atoms with Crippen molar-refractivity contribution in [3.8, 4) is 0 Å². The number of rotatable bonds is 3. The monoisotopic (exact) mass is 310 g/mol. The van der Waals surface area contributed by atoms with Crippen LogP contribution in [0.3, 0.4) is 0 Å². The van der Waals surface area contributed by atoms with Crippen LogP contribution in [-0.2, 0) is 0 Å². The highest BCUT2D eigenvalue weighted by atomic mass is 35.5. The summed E-state index contributed by atoms with van der Waals surface area (Å²) in [5.41, 5.74) is 0.638. The summed E-state index contributed by atoms with van der Waals surface area (Å²) < 4.78 is 0. The largest absolute Gasteiger partial charge is 0.365 e. The lowest BCUT2D eigenvalue weighted by molar-refractivity contribution is 0.630. The van der Waals surface area contributed by atoms with Crippen molar-refractivity contribution in [3.05, 3.63) is 40.6 Å². The van der Waals surface area contributed by atoms with E-state index in [1.807, 2.05) is 6.07 Å². The fraction of sp³-hybridized carbons (Fsp3) is 0.286. The molecule has 0 saturated heterocycles. The van der Waals surface area contributed by atoms with Crippen LogP contribution in [0.4, 0.5) is 17.3 Å². The Labute approximate surface area is 128 Å². The molecule has 4 nitrogen and oxygen atoms in total. The van der Waals surface area contributed by atoms with Crippen LogP contribution >= 0.6 is 23.2 Å². The summed E-state index contributed by atoms with van der Waals surface area (Å²) in [6, 6.07) is 7.05. The average Bonchev–Trinajstić information content (AvgIpc) is 2.32. The minimum atomic E-state index is -0.0701. The number of hydrogen-bond acceptors (Lipinski definition) is 4. The summed E-state index contributed by atoms with van der Waals surface area (Å²) in [6.07, 6.45) is 1.49. The summed E-state index contributed by atoms with van der Waals surface area (Å²) in [6.45, 7) is 6.20. The first-order valence-corrected chi connectivity index (χ1v) is 6.91. The maximum atomic E-state index is 6.11. The van der Waals surface area contributed by atoms with Gasteiger partial charge in [0.15, 0.2) is 0 Å². The molecular formula is C14H16Cl2N4. The van der Waals surface area contributed by atoms with Gasteiger partial charge in [-0.25, -0.2) is 9.97 Å². The Hall–Kier alpha value is -1.52. The Morgan fingerprint density at radius 1 is 1.00 bits per heavy atom. The Balaban J connectivity index is 2.21. The minimum Gasteiger partial charge on any atom is -0.365 e. The summed E-state index contributed by atoms with van der Waals surface area (Å²) in [4.78, 5) is 8.36. The molecule has 6 heteroatoms. The van der Waals surface area contributed by atoms with Crippen LogP contribution in [0, 0.1) is 0 Å². The molecule has 0 unspecified atom stereocenters. The second-order valence-electron chi connectivity index (χ2n) is 5.41. The predicted octanol–water partition coefficient (Wildman–Crippen LogP) is 4.74. The van der Waals surface area contributed by atoms with E-state index in [9.17, 15) is 0 Å². The molecule has 0 amide bonds. The van der Waals surface area contributed by atoms with Crippen LogP contribution in [0.15, 0.2) is 30.6 Å². The minimum absolute atomic E-state index is 0.0701. The standard InChI is InChI=1S/C14H16Cl2N4/c1-14(2,3)20-13-7-12(17-8-18-13)19-11-6-9(15)4-5-10(11)16/h4-8H,1-3H3,(H2,17,18,19,20). The van der Waals surface area contributed by atoms with Gasteiger partial charge in [0, 0.05) is 16.6 Å². The molecule has 0 aliphatic heterocycles. The Bertz CT molecular complexity index is 608. The quantitative estimate of drug-likeness (QED) is 0.860. The Morgan fingerprint density at radius 3 is 2.40 bits per heavy atom. The zero-order chi connectivity index (χ0) is 14.8. The van der Waals surface area contributed by atoms with E-state index >= 15 is 0 Å². The van der Waals surface area contributed by atoms with Crippen molar-refractivity contribution in [1.82, 2.24) is 9.97 Å². The molecule has 0 aliphatic rings. The van der Waals surface area contributed by atoms with Crippen molar-refractivity contribution in [1.29, 1.82) is 0 Å². The summed E-state index contributed by atoms with van der Waals surface area (Å²) in [5.74, 6) is 1.39. The van der Waals surface area contributed by atoms with E-state index in [0.717, 1.165) is 5.82 Å². The third-order valence-electron chi connectivity index (χ3n) is 2.36. The SMILES string of the molecule is CC(C)(C)Nc1cc(Nc2cc(Cl)ccc2Cl)ncn1. The molecule has 2 aromatic rings. The normalized spacial score (nSPS) is 11.2. The second kappa shape index (κ2) is 5.85. The van der Waals surface area contributed by atoms with Crippen molar-refractivity contribution in [2.24, 2.45) is 0 Å². The van der Waals surface area contributed by atoms with Crippen molar-refractivity contribution < 1.29 is 0 Å². The van der Waals surface area contributed by atoms with E-state index in [2.05, 4.69) is 41.4 Å². The van der Waals surface area contributed by atoms with Crippen molar-refractivity contribution in [3.63, 3.8) is 0 Å². The molecular weight excluding hydrogens is 295 g/mol. The molecule has 0 fully saturated rings. The van der Waals surface area contributed by atoms with Crippen LogP contribution in [0.1, 0.15) is 20.8 Å². The van der Waals surface area contributed by atoms with Crippen LogP contribution < -0.4 is 10.6 Å². The van der Waals surface area contributed by atoms with Crippen LogP contribution in [0.5, 0.6) is 0 Å². The smallest absolute Gasteiger partial charge is 0.135 e. The van der Waals surface area contributed by atoms with Crippen molar-refractivity contribution in [2.75, 3.05) is 10.6 Å². The Morgan fingerprint density at radius 2 is 1.70 bits per heavy atom. The summed E-state index contributed by atoms with van der Waals surface area (Å²) in [5, 5.41) is 7.61. The number of halogens is 2. The fourth-order valence-corrected chi connectivity index (χ4v) is 1.95. The molecule has 2 N–H and O–H groups in total. The van der Waals surface area contributed by atoms with Gasteiger partial charge in [0.2, 0.25) is 0 Å². The van der Waals surface area contributed by atoms with Gasteiger partial charge in [0.05, 0.1) is 10.7 Å². The zero-order valence-electron chi connectivity index (χ0n) is 11.5. The maximum absolute atomic E-state index is 6.11. The van der Waals surface area contributed by atoms with E-state index < -0.39 is 0 Å². The lowest BCUT2D eigenvalue weighted by Crippen LogP contribution is -2.26. The number of nitrogens with one attached hydrogen (secondary N) is 2. The molecule has 1 heterocycles.